The Balaban J connectivity index is 2.93. The highest BCUT2D eigenvalue weighted by Gasteiger charge is 2.03. The van der Waals surface area contributed by atoms with Crippen LogP contribution in [0.5, 0.6) is 0 Å². The van der Waals surface area contributed by atoms with Crippen LogP contribution >= 0.6 is 0 Å². The van der Waals surface area contributed by atoms with Gasteiger partial charge in [-0.1, -0.05) is 31.2 Å². The first kappa shape index (κ1) is 8.28. The van der Waals surface area contributed by atoms with Crippen molar-refractivity contribution in [3.05, 3.63) is 35.4 Å². The zero-order valence-electron chi connectivity index (χ0n) is 7.17. The third kappa shape index (κ3) is 1.81. The maximum absolute atomic E-state index is 5.57. The van der Waals surface area contributed by atoms with Crippen LogP contribution in [0.15, 0.2) is 24.3 Å². The molecule has 0 bridgehead atoms. The molecule has 0 aliphatic carbocycles. The second kappa shape index (κ2) is 3.54. The van der Waals surface area contributed by atoms with Gasteiger partial charge < -0.3 is 5.73 Å². The van der Waals surface area contributed by atoms with E-state index >= 15 is 0 Å². The third-order valence-corrected chi connectivity index (χ3v) is 2.07. The molecule has 0 aliphatic rings. The van der Waals surface area contributed by atoms with Gasteiger partial charge in [-0.3, -0.25) is 0 Å². The molecule has 0 aromatic heterocycles. The highest BCUT2D eigenvalue weighted by molar-refractivity contribution is 5.28. The van der Waals surface area contributed by atoms with E-state index in [4.69, 9.17) is 5.73 Å². The first-order valence-corrected chi connectivity index (χ1v) is 4.01. The average Bonchev–Trinajstić information content (AvgIpc) is 2.04. The van der Waals surface area contributed by atoms with Gasteiger partial charge in [-0.05, 0) is 30.5 Å². The Morgan fingerprint density at radius 3 is 2.55 bits per heavy atom. The summed E-state index contributed by atoms with van der Waals surface area (Å²) in [5, 5.41) is 0. The predicted molar refractivity (Wildman–Crippen MR) is 48.6 cm³/mol. The minimum Gasteiger partial charge on any atom is -0.330 e. The molecule has 11 heavy (non-hydrogen) atoms. The third-order valence-electron chi connectivity index (χ3n) is 2.07. The largest absolute Gasteiger partial charge is 0.330 e. The van der Waals surface area contributed by atoms with Crippen molar-refractivity contribution in [3.8, 4) is 0 Å². The van der Waals surface area contributed by atoms with Crippen molar-refractivity contribution < 1.29 is 0 Å². The first-order chi connectivity index (χ1) is 5.25. The fourth-order valence-corrected chi connectivity index (χ4v) is 1.27. The maximum atomic E-state index is 5.57. The number of benzene rings is 1. The van der Waals surface area contributed by atoms with Crippen molar-refractivity contribution >= 4 is 0 Å². The summed E-state index contributed by atoms with van der Waals surface area (Å²) >= 11 is 0. The number of hydrogen-bond donors (Lipinski definition) is 1. The molecule has 0 saturated carbocycles. The van der Waals surface area contributed by atoms with Gasteiger partial charge in [0.25, 0.3) is 0 Å². The summed E-state index contributed by atoms with van der Waals surface area (Å²) in [6, 6.07) is 8.39. The van der Waals surface area contributed by atoms with Crippen LogP contribution < -0.4 is 5.73 Å². The van der Waals surface area contributed by atoms with E-state index in [1.54, 1.807) is 0 Å². The molecule has 1 nitrogen and oxygen atoms in total. The highest BCUT2D eigenvalue weighted by Crippen LogP contribution is 2.17. The minimum absolute atomic E-state index is 0.483. The molecule has 1 rings (SSSR count). The molecule has 1 atom stereocenters. The van der Waals surface area contributed by atoms with Crippen LogP contribution in [0.1, 0.15) is 24.0 Å². The summed E-state index contributed by atoms with van der Waals surface area (Å²) in [6.45, 7) is 5.01. The SMILES string of the molecule is Cc1ccccc1[C@H](C)CN. The van der Waals surface area contributed by atoms with E-state index < -0.39 is 0 Å². The second-order valence-electron chi connectivity index (χ2n) is 2.99. The van der Waals surface area contributed by atoms with Gasteiger partial charge in [0, 0.05) is 0 Å². The van der Waals surface area contributed by atoms with Gasteiger partial charge in [0.15, 0.2) is 0 Å². The Hall–Kier alpha value is -0.820. The van der Waals surface area contributed by atoms with Gasteiger partial charge in [-0.2, -0.15) is 0 Å². The van der Waals surface area contributed by atoms with Gasteiger partial charge in [-0.15, -0.1) is 0 Å². The Bertz CT molecular complexity index is 230. The summed E-state index contributed by atoms with van der Waals surface area (Å²) in [5.74, 6) is 0.483. The first-order valence-electron chi connectivity index (χ1n) is 4.01. The van der Waals surface area contributed by atoms with Gasteiger partial charge in [-0.25, -0.2) is 0 Å². The summed E-state index contributed by atoms with van der Waals surface area (Å²) in [5.41, 5.74) is 8.28. The van der Waals surface area contributed by atoms with Crippen molar-refractivity contribution in [3.63, 3.8) is 0 Å². The Morgan fingerprint density at radius 2 is 2.00 bits per heavy atom. The monoisotopic (exact) mass is 149 g/mol. The summed E-state index contributed by atoms with van der Waals surface area (Å²) in [4.78, 5) is 0. The predicted octanol–water partition coefficient (Wildman–Crippen LogP) is 2.06. The van der Waals surface area contributed by atoms with Crippen molar-refractivity contribution in [1.82, 2.24) is 0 Å². The molecule has 0 aliphatic heterocycles. The number of aryl methyl sites for hydroxylation is 1. The van der Waals surface area contributed by atoms with E-state index in [-0.39, 0.29) is 0 Å². The van der Waals surface area contributed by atoms with E-state index in [0.717, 1.165) is 6.54 Å². The van der Waals surface area contributed by atoms with Crippen LogP contribution in [-0.4, -0.2) is 6.54 Å². The molecule has 1 heteroatoms. The molecular weight excluding hydrogens is 134 g/mol. The Kier molecular flexibility index (Phi) is 2.66. The van der Waals surface area contributed by atoms with Crippen molar-refractivity contribution in [2.24, 2.45) is 5.73 Å². The molecule has 1 aromatic rings. The van der Waals surface area contributed by atoms with E-state index in [1.807, 2.05) is 0 Å². The van der Waals surface area contributed by atoms with Crippen LogP contribution in [0.4, 0.5) is 0 Å². The smallest absolute Gasteiger partial charge is 0.00108 e. The lowest BCUT2D eigenvalue weighted by Crippen LogP contribution is -2.09. The van der Waals surface area contributed by atoms with E-state index in [9.17, 15) is 0 Å². The molecule has 0 radical (unpaired) electrons. The second-order valence-corrected chi connectivity index (χ2v) is 2.99. The van der Waals surface area contributed by atoms with Crippen LogP contribution in [0.2, 0.25) is 0 Å². The molecular formula is C10H15N. The zero-order chi connectivity index (χ0) is 8.27. The topological polar surface area (TPSA) is 26.0 Å². The highest BCUT2D eigenvalue weighted by atomic mass is 14.5. The summed E-state index contributed by atoms with van der Waals surface area (Å²) < 4.78 is 0. The van der Waals surface area contributed by atoms with Crippen LogP contribution in [-0.2, 0) is 0 Å². The van der Waals surface area contributed by atoms with Crippen LogP contribution in [0.3, 0.4) is 0 Å². The molecule has 0 heterocycles. The van der Waals surface area contributed by atoms with Crippen molar-refractivity contribution in [2.75, 3.05) is 6.54 Å². The molecule has 0 fully saturated rings. The van der Waals surface area contributed by atoms with Gasteiger partial charge in [0.2, 0.25) is 0 Å². The molecule has 0 saturated heterocycles. The average molecular weight is 149 g/mol. The summed E-state index contributed by atoms with van der Waals surface area (Å²) in [7, 11) is 0. The number of nitrogens with two attached hydrogens (primary N) is 1. The summed E-state index contributed by atoms with van der Waals surface area (Å²) in [6.07, 6.45) is 0. The maximum Gasteiger partial charge on any atom is -0.00108 e. The van der Waals surface area contributed by atoms with Gasteiger partial charge in [0.1, 0.15) is 0 Å². The van der Waals surface area contributed by atoms with E-state index in [0.29, 0.717) is 5.92 Å². The zero-order valence-corrected chi connectivity index (χ0v) is 7.17. The van der Waals surface area contributed by atoms with Gasteiger partial charge in [0.05, 0.1) is 0 Å². The molecule has 0 spiro atoms. The normalized spacial score (nSPS) is 13.0. The van der Waals surface area contributed by atoms with Crippen LogP contribution in [0.25, 0.3) is 0 Å². The lowest BCUT2D eigenvalue weighted by atomic mass is 9.97. The van der Waals surface area contributed by atoms with Gasteiger partial charge >= 0.3 is 0 Å². The van der Waals surface area contributed by atoms with E-state index in [1.165, 1.54) is 11.1 Å². The fraction of sp³-hybridized carbons (Fsp3) is 0.400. The molecule has 0 amide bonds. The lowest BCUT2D eigenvalue weighted by molar-refractivity contribution is 0.768. The minimum atomic E-state index is 0.483. The molecule has 0 unspecified atom stereocenters. The fourth-order valence-electron chi connectivity index (χ4n) is 1.27. The molecule has 2 N–H and O–H groups in total. The van der Waals surface area contributed by atoms with Crippen molar-refractivity contribution in [1.29, 1.82) is 0 Å². The Labute approximate surface area is 68.2 Å². The number of rotatable bonds is 2. The standard InChI is InChI=1S/C10H15N/c1-8-5-3-4-6-10(8)9(2)7-11/h3-6,9H,7,11H2,1-2H3/t9-/m1/s1. The quantitative estimate of drug-likeness (QED) is 0.684. The molecule has 1 aromatic carbocycles. The molecule has 60 valence electrons. The number of hydrogen-bond acceptors (Lipinski definition) is 1. The van der Waals surface area contributed by atoms with Crippen molar-refractivity contribution in [2.45, 2.75) is 19.8 Å². The van der Waals surface area contributed by atoms with E-state index in [2.05, 4.69) is 38.1 Å². The lowest BCUT2D eigenvalue weighted by Gasteiger charge is -2.11. The Morgan fingerprint density at radius 1 is 1.36 bits per heavy atom. The van der Waals surface area contributed by atoms with Crippen LogP contribution in [0, 0.1) is 6.92 Å².